The summed E-state index contributed by atoms with van der Waals surface area (Å²) in [7, 11) is 0. The van der Waals surface area contributed by atoms with Gasteiger partial charge in [-0.2, -0.15) is 0 Å². The highest BCUT2D eigenvalue weighted by molar-refractivity contribution is 5.38. The topological polar surface area (TPSA) is 63.9 Å². The van der Waals surface area contributed by atoms with Crippen LogP contribution in [-0.4, -0.2) is 57.7 Å². The van der Waals surface area contributed by atoms with Gasteiger partial charge in [-0.1, -0.05) is 38.2 Å². The normalized spacial score (nSPS) is 44.8. The molecule has 1 saturated heterocycles. The zero-order valence-corrected chi connectivity index (χ0v) is 20.5. The molecule has 4 fully saturated rings. The Morgan fingerprint density at radius 1 is 1.16 bits per heavy atom. The zero-order chi connectivity index (χ0) is 23.1. The van der Waals surface area contributed by atoms with Crippen LogP contribution in [0.1, 0.15) is 78.6 Å². The molecule has 0 bridgehead atoms. The fraction of sp³-hybridized carbons (Fsp3) is 0.786. The van der Waals surface area contributed by atoms with Gasteiger partial charge in [0, 0.05) is 19.5 Å². The number of nitrogens with zero attached hydrogens (tertiary/aromatic N) is 1. The Kier molecular flexibility index (Phi) is 7.08. The minimum Gasteiger partial charge on any atom is -0.393 e. The molecule has 0 aromatic carbocycles. The van der Waals surface area contributed by atoms with Gasteiger partial charge in [0.1, 0.15) is 0 Å². The molecule has 4 heteroatoms. The average molecular weight is 444 g/mol. The molecule has 4 rings (SSSR count). The number of β-amino-alcohol motifs (C(OH)–C–C–N with tert-alkyl or cyclic N) is 1. The van der Waals surface area contributed by atoms with Crippen LogP contribution in [0, 0.1) is 23.2 Å². The van der Waals surface area contributed by atoms with Gasteiger partial charge < -0.3 is 20.2 Å². The average Bonchev–Trinajstić information content (AvgIpc) is 3.06. The van der Waals surface area contributed by atoms with Gasteiger partial charge in [0.15, 0.2) is 0 Å². The molecule has 3 saturated carbocycles. The van der Waals surface area contributed by atoms with E-state index in [0.717, 1.165) is 56.0 Å². The number of likely N-dealkylation sites (tertiary alicyclic amines) is 1. The number of hydrogen-bond donors (Lipinski definition) is 3. The molecule has 180 valence electrons. The van der Waals surface area contributed by atoms with E-state index in [1.807, 2.05) is 6.92 Å². The highest BCUT2D eigenvalue weighted by Crippen LogP contribution is 2.59. The van der Waals surface area contributed by atoms with Crippen LogP contribution in [0.5, 0.6) is 0 Å². The van der Waals surface area contributed by atoms with E-state index in [9.17, 15) is 15.3 Å². The standard InChI is InChI=1S/C28H45NO3/c1-19(17-29-14-6-12-27(3,32)18-29)24-10-11-25-21(7-5-13-28(24,25)4)8-9-22-15-23(30)16-26(31)20(22)2/h8-9,19,23-26,30-32H,2,5-7,10-18H2,1,3-4H3/b21-8+,22-9-/t19?,23-,24-,25+,26+,27?,28-/m1/s1. The molecule has 1 aliphatic heterocycles. The fourth-order valence-corrected chi connectivity index (χ4v) is 7.69. The Morgan fingerprint density at radius 2 is 1.94 bits per heavy atom. The van der Waals surface area contributed by atoms with Crippen molar-refractivity contribution in [2.45, 2.75) is 96.4 Å². The van der Waals surface area contributed by atoms with Crippen molar-refractivity contribution in [2.24, 2.45) is 23.2 Å². The van der Waals surface area contributed by atoms with Crippen LogP contribution in [0.2, 0.25) is 0 Å². The van der Waals surface area contributed by atoms with Crippen LogP contribution in [0.3, 0.4) is 0 Å². The summed E-state index contributed by atoms with van der Waals surface area (Å²) in [5.41, 5.74) is 3.17. The fourth-order valence-electron chi connectivity index (χ4n) is 7.69. The summed E-state index contributed by atoms with van der Waals surface area (Å²) in [6, 6.07) is 0. The Labute approximate surface area is 195 Å². The third-order valence-electron chi connectivity index (χ3n) is 9.29. The van der Waals surface area contributed by atoms with Gasteiger partial charge in [-0.15, -0.1) is 0 Å². The Bertz CT molecular complexity index is 769. The van der Waals surface area contributed by atoms with Crippen LogP contribution < -0.4 is 0 Å². The molecule has 3 aliphatic carbocycles. The summed E-state index contributed by atoms with van der Waals surface area (Å²) in [6.07, 6.45) is 12.7. The lowest BCUT2D eigenvalue weighted by molar-refractivity contribution is -0.0262. The first kappa shape index (κ1) is 24.2. The monoisotopic (exact) mass is 443 g/mol. The smallest absolute Gasteiger partial charge is 0.0811 e. The first-order valence-corrected chi connectivity index (χ1v) is 13.0. The second-order valence-corrected chi connectivity index (χ2v) is 12.0. The van der Waals surface area contributed by atoms with E-state index in [-0.39, 0.29) is 0 Å². The molecule has 3 N–H and O–H groups in total. The van der Waals surface area contributed by atoms with Crippen molar-refractivity contribution in [3.63, 3.8) is 0 Å². The maximum atomic E-state index is 10.5. The van der Waals surface area contributed by atoms with E-state index in [1.54, 1.807) is 5.57 Å². The van der Waals surface area contributed by atoms with Gasteiger partial charge in [0.05, 0.1) is 17.8 Å². The summed E-state index contributed by atoms with van der Waals surface area (Å²) < 4.78 is 0. The molecule has 0 aromatic rings. The van der Waals surface area contributed by atoms with Gasteiger partial charge >= 0.3 is 0 Å². The molecule has 0 radical (unpaired) electrons. The second kappa shape index (κ2) is 9.37. The van der Waals surface area contributed by atoms with E-state index in [1.165, 1.54) is 25.7 Å². The second-order valence-electron chi connectivity index (χ2n) is 12.0. The molecule has 4 nitrogen and oxygen atoms in total. The third-order valence-corrected chi connectivity index (χ3v) is 9.29. The lowest BCUT2D eigenvalue weighted by Crippen LogP contribution is -2.48. The molecular formula is C28H45NO3. The molecule has 32 heavy (non-hydrogen) atoms. The maximum Gasteiger partial charge on any atom is 0.0811 e. The van der Waals surface area contributed by atoms with Crippen LogP contribution in [0.4, 0.5) is 0 Å². The number of piperidine rings is 1. The summed E-state index contributed by atoms with van der Waals surface area (Å²) in [5.74, 6) is 2.00. The number of allylic oxidation sites excluding steroid dienone is 3. The predicted molar refractivity (Wildman–Crippen MR) is 130 cm³/mol. The highest BCUT2D eigenvalue weighted by Gasteiger charge is 2.51. The number of fused-ring (bicyclic) bond motifs is 1. The van der Waals surface area contributed by atoms with E-state index in [4.69, 9.17) is 0 Å². The number of hydrogen-bond acceptors (Lipinski definition) is 4. The minimum atomic E-state index is -0.618. The molecule has 7 atom stereocenters. The first-order valence-electron chi connectivity index (χ1n) is 13.0. The van der Waals surface area contributed by atoms with Crippen molar-refractivity contribution in [1.29, 1.82) is 0 Å². The molecule has 4 aliphatic rings. The van der Waals surface area contributed by atoms with Crippen molar-refractivity contribution in [3.8, 4) is 0 Å². The Balaban J connectivity index is 1.46. The largest absolute Gasteiger partial charge is 0.393 e. The molecule has 0 amide bonds. The van der Waals surface area contributed by atoms with Gasteiger partial charge in [0.2, 0.25) is 0 Å². The first-order chi connectivity index (χ1) is 15.1. The van der Waals surface area contributed by atoms with Gasteiger partial charge in [-0.3, -0.25) is 0 Å². The molecule has 0 spiro atoms. The van der Waals surface area contributed by atoms with Crippen LogP contribution in [0.15, 0.2) is 35.5 Å². The summed E-state index contributed by atoms with van der Waals surface area (Å²) in [5, 5.41) is 30.8. The van der Waals surface area contributed by atoms with Crippen molar-refractivity contribution in [1.82, 2.24) is 4.90 Å². The van der Waals surface area contributed by atoms with Crippen molar-refractivity contribution in [2.75, 3.05) is 19.6 Å². The number of rotatable bonds is 4. The van der Waals surface area contributed by atoms with Gasteiger partial charge in [0.25, 0.3) is 0 Å². The summed E-state index contributed by atoms with van der Waals surface area (Å²) >= 11 is 0. The lowest BCUT2D eigenvalue weighted by atomic mass is 9.61. The van der Waals surface area contributed by atoms with E-state index in [2.05, 4.69) is 37.5 Å². The zero-order valence-electron chi connectivity index (χ0n) is 20.5. The van der Waals surface area contributed by atoms with E-state index >= 15 is 0 Å². The van der Waals surface area contributed by atoms with Crippen molar-refractivity contribution < 1.29 is 15.3 Å². The Morgan fingerprint density at radius 3 is 2.69 bits per heavy atom. The van der Waals surface area contributed by atoms with Gasteiger partial charge in [-0.25, -0.2) is 0 Å². The molecule has 2 unspecified atom stereocenters. The predicted octanol–water partition coefficient (Wildman–Crippen LogP) is 4.61. The van der Waals surface area contributed by atoms with Crippen molar-refractivity contribution >= 4 is 0 Å². The molecule has 1 heterocycles. The van der Waals surface area contributed by atoms with Crippen LogP contribution >= 0.6 is 0 Å². The lowest BCUT2D eigenvalue weighted by Gasteiger charge is -2.46. The highest BCUT2D eigenvalue weighted by atomic mass is 16.3. The van der Waals surface area contributed by atoms with Crippen molar-refractivity contribution in [3.05, 3.63) is 35.5 Å². The minimum absolute atomic E-state index is 0.350. The maximum absolute atomic E-state index is 10.5. The Hall–Kier alpha value is -0.940. The quantitative estimate of drug-likeness (QED) is 0.594. The molecular weight excluding hydrogens is 398 g/mol. The van der Waals surface area contributed by atoms with E-state index in [0.29, 0.717) is 30.1 Å². The van der Waals surface area contributed by atoms with Gasteiger partial charge in [-0.05, 0) is 99.1 Å². The van der Waals surface area contributed by atoms with Crippen LogP contribution in [0.25, 0.3) is 0 Å². The van der Waals surface area contributed by atoms with E-state index < -0.39 is 17.8 Å². The summed E-state index contributed by atoms with van der Waals surface area (Å²) in [6.45, 7) is 14.1. The third kappa shape index (κ3) is 4.94. The number of aliphatic hydroxyl groups is 3. The van der Waals surface area contributed by atoms with Crippen LogP contribution in [-0.2, 0) is 0 Å². The summed E-state index contributed by atoms with van der Waals surface area (Å²) in [4.78, 5) is 2.50. The molecule has 0 aromatic heterocycles. The SMILES string of the molecule is C=C1/C(=C\C=C2/CCC[C@]3(C)[C@@H](C(C)CN4CCCC(C)(O)C4)CC[C@@H]23)C[C@@H](O)C[C@@H]1O. The number of aliphatic hydroxyl groups excluding tert-OH is 2.